The Morgan fingerprint density at radius 1 is 0.969 bits per heavy atom. The highest BCUT2D eigenvalue weighted by Crippen LogP contribution is 2.32. The smallest absolute Gasteiger partial charge is 0.264 e. The second kappa shape index (κ2) is 10.3. The Morgan fingerprint density at radius 2 is 1.59 bits per heavy atom. The predicted octanol–water partition coefficient (Wildman–Crippen LogP) is 4.47. The molecule has 0 aromatic heterocycles. The number of hydrogen-bond acceptors (Lipinski definition) is 4. The van der Waals surface area contributed by atoms with Gasteiger partial charge in [-0.25, -0.2) is 8.42 Å². The number of ether oxygens (including phenoxy) is 1. The number of nitrogens with one attached hydrogen (secondary N) is 1. The summed E-state index contributed by atoms with van der Waals surface area (Å²) >= 11 is 0. The number of anilines is 1. The molecule has 0 saturated heterocycles. The minimum Gasteiger partial charge on any atom is -0.492 e. The number of hydrogen-bond donors (Lipinski definition) is 1. The first-order chi connectivity index (χ1) is 15.3. The minimum absolute atomic E-state index is 0.102. The molecule has 32 heavy (non-hydrogen) atoms. The highest BCUT2D eigenvalue weighted by atomic mass is 32.2. The van der Waals surface area contributed by atoms with Crippen molar-refractivity contribution in [3.63, 3.8) is 0 Å². The summed E-state index contributed by atoms with van der Waals surface area (Å²) in [5.41, 5.74) is 2.38. The molecule has 1 N–H and O–H groups in total. The molecule has 3 rings (SSSR count). The summed E-state index contributed by atoms with van der Waals surface area (Å²) in [6.45, 7) is 5.68. The molecule has 0 spiro atoms. The molecule has 3 aromatic carbocycles. The largest absolute Gasteiger partial charge is 0.492 e. The molecule has 168 valence electrons. The number of nitrogens with zero attached hydrogens (tertiary/aromatic N) is 1. The van der Waals surface area contributed by atoms with Gasteiger partial charge in [0.25, 0.3) is 10.0 Å². The lowest BCUT2D eigenvalue weighted by Crippen LogP contribution is -2.41. The minimum atomic E-state index is -4.00. The van der Waals surface area contributed by atoms with E-state index >= 15 is 0 Å². The number of carbonyl (C=O) groups is 1. The quantitative estimate of drug-likeness (QED) is 0.520. The molecule has 1 unspecified atom stereocenters. The van der Waals surface area contributed by atoms with Gasteiger partial charge in [0, 0.05) is 0 Å². The van der Waals surface area contributed by atoms with E-state index in [0.717, 1.165) is 15.4 Å². The Labute approximate surface area is 189 Å². The lowest BCUT2D eigenvalue weighted by molar-refractivity contribution is -0.120. The second-order valence-corrected chi connectivity index (χ2v) is 9.29. The van der Waals surface area contributed by atoms with Gasteiger partial charge in [-0.3, -0.25) is 9.10 Å². The molecule has 0 fully saturated rings. The first-order valence-corrected chi connectivity index (χ1v) is 11.9. The zero-order valence-corrected chi connectivity index (χ0v) is 19.3. The summed E-state index contributed by atoms with van der Waals surface area (Å²) in [4.78, 5) is 13.1. The Morgan fingerprint density at radius 3 is 2.25 bits per heavy atom. The van der Waals surface area contributed by atoms with Crippen LogP contribution in [0.1, 0.15) is 31.0 Å². The van der Waals surface area contributed by atoms with E-state index in [1.807, 2.05) is 45.0 Å². The molecule has 0 aliphatic rings. The maximum absolute atomic E-state index is 13.5. The van der Waals surface area contributed by atoms with Crippen LogP contribution in [0, 0.1) is 6.92 Å². The van der Waals surface area contributed by atoms with E-state index in [1.54, 1.807) is 42.5 Å². The van der Waals surface area contributed by atoms with Gasteiger partial charge in [-0.15, -0.1) is 0 Å². The molecule has 0 bridgehead atoms. The molecule has 0 radical (unpaired) electrons. The lowest BCUT2D eigenvalue weighted by atomic mass is 10.1. The molecule has 1 atom stereocenters. The van der Waals surface area contributed by atoms with Crippen LogP contribution in [0.4, 0.5) is 5.69 Å². The van der Waals surface area contributed by atoms with Gasteiger partial charge in [0.15, 0.2) is 0 Å². The van der Waals surface area contributed by atoms with Crippen molar-refractivity contribution in [3.8, 4) is 5.75 Å². The van der Waals surface area contributed by atoms with Gasteiger partial charge in [0.05, 0.1) is 23.2 Å². The summed E-state index contributed by atoms with van der Waals surface area (Å²) in [7, 11) is -4.00. The molecular formula is C25H28N2O4S. The molecule has 0 aliphatic heterocycles. The number of benzene rings is 3. The molecule has 0 heterocycles. The molecule has 0 saturated carbocycles. The van der Waals surface area contributed by atoms with Crippen LogP contribution < -0.4 is 14.4 Å². The monoisotopic (exact) mass is 452 g/mol. The van der Waals surface area contributed by atoms with E-state index in [1.165, 1.54) is 12.1 Å². The van der Waals surface area contributed by atoms with E-state index < -0.39 is 15.9 Å². The van der Waals surface area contributed by atoms with E-state index in [2.05, 4.69) is 5.32 Å². The van der Waals surface area contributed by atoms with Crippen LogP contribution in [0.15, 0.2) is 83.8 Å². The highest BCUT2D eigenvalue weighted by Gasteiger charge is 2.29. The summed E-state index contributed by atoms with van der Waals surface area (Å²) in [5, 5.41) is 2.91. The van der Waals surface area contributed by atoms with Gasteiger partial charge < -0.3 is 10.1 Å². The van der Waals surface area contributed by atoms with Crippen molar-refractivity contribution in [1.29, 1.82) is 0 Å². The zero-order chi connectivity index (χ0) is 23.1. The molecule has 0 aliphatic carbocycles. The number of carbonyl (C=O) groups excluding carboxylic acids is 1. The fourth-order valence-corrected chi connectivity index (χ4v) is 4.77. The first-order valence-electron chi connectivity index (χ1n) is 10.5. The van der Waals surface area contributed by atoms with E-state index in [-0.39, 0.29) is 17.5 Å². The van der Waals surface area contributed by atoms with Crippen molar-refractivity contribution in [2.45, 2.75) is 31.7 Å². The fraction of sp³-hybridized carbons (Fsp3) is 0.240. The lowest BCUT2D eigenvalue weighted by Gasteiger charge is -2.26. The van der Waals surface area contributed by atoms with Gasteiger partial charge in [0.2, 0.25) is 5.91 Å². The van der Waals surface area contributed by atoms with Crippen molar-refractivity contribution >= 4 is 21.6 Å². The third-order valence-electron chi connectivity index (χ3n) is 5.01. The van der Waals surface area contributed by atoms with Crippen molar-refractivity contribution in [3.05, 3.63) is 90.0 Å². The van der Waals surface area contributed by atoms with Gasteiger partial charge >= 0.3 is 0 Å². The van der Waals surface area contributed by atoms with Crippen LogP contribution in [0.2, 0.25) is 0 Å². The Hall–Kier alpha value is -3.32. The van der Waals surface area contributed by atoms with Crippen LogP contribution in [0.3, 0.4) is 0 Å². The topological polar surface area (TPSA) is 75.7 Å². The number of para-hydroxylation sites is 2. The van der Waals surface area contributed by atoms with Crippen LogP contribution in [-0.4, -0.2) is 27.5 Å². The average Bonchev–Trinajstić information content (AvgIpc) is 2.79. The summed E-state index contributed by atoms with van der Waals surface area (Å²) < 4.78 is 33.8. The Balaban J connectivity index is 1.93. The van der Waals surface area contributed by atoms with Gasteiger partial charge in [-0.2, -0.15) is 0 Å². The second-order valence-electron chi connectivity index (χ2n) is 7.43. The SMILES string of the molecule is CCOc1ccccc1N(CC(=O)NC(C)c1ccc(C)cc1)S(=O)(=O)c1ccccc1. The third kappa shape index (κ3) is 5.48. The highest BCUT2D eigenvalue weighted by molar-refractivity contribution is 7.92. The molecule has 1 amide bonds. The van der Waals surface area contributed by atoms with Crippen LogP contribution in [0.5, 0.6) is 5.75 Å². The average molecular weight is 453 g/mol. The first kappa shape index (κ1) is 23.3. The fourth-order valence-electron chi connectivity index (χ4n) is 3.32. The molecule has 6 nitrogen and oxygen atoms in total. The summed E-state index contributed by atoms with van der Waals surface area (Å²) in [6, 6.07) is 22.5. The summed E-state index contributed by atoms with van der Waals surface area (Å²) in [5.74, 6) is -0.0160. The van der Waals surface area contributed by atoms with Crippen LogP contribution in [0.25, 0.3) is 0 Å². The Kier molecular flexibility index (Phi) is 7.53. The van der Waals surface area contributed by atoms with Gasteiger partial charge in [-0.1, -0.05) is 60.2 Å². The van der Waals surface area contributed by atoms with Crippen LogP contribution >= 0.6 is 0 Å². The molecule has 7 heteroatoms. The van der Waals surface area contributed by atoms with Crippen molar-refractivity contribution in [2.24, 2.45) is 0 Å². The zero-order valence-electron chi connectivity index (χ0n) is 18.5. The van der Waals surface area contributed by atoms with E-state index in [9.17, 15) is 13.2 Å². The predicted molar refractivity (Wildman–Crippen MR) is 126 cm³/mol. The summed E-state index contributed by atoms with van der Waals surface area (Å²) in [6.07, 6.45) is 0. The van der Waals surface area contributed by atoms with Crippen molar-refractivity contribution in [1.82, 2.24) is 5.32 Å². The number of rotatable bonds is 9. The van der Waals surface area contributed by atoms with Crippen molar-refractivity contribution < 1.29 is 17.9 Å². The molecule has 3 aromatic rings. The Bertz CT molecular complexity index is 1150. The third-order valence-corrected chi connectivity index (χ3v) is 6.78. The number of amides is 1. The van der Waals surface area contributed by atoms with Crippen LogP contribution in [-0.2, 0) is 14.8 Å². The van der Waals surface area contributed by atoms with Crippen molar-refractivity contribution in [2.75, 3.05) is 17.5 Å². The van der Waals surface area contributed by atoms with Gasteiger partial charge in [0.1, 0.15) is 12.3 Å². The van der Waals surface area contributed by atoms with Gasteiger partial charge in [-0.05, 0) is 50.6 Å². The molecular weight excluding hydrogens is 424 g/mol. The number of aryl methyl sites for hydroxylation is 1. The van der Waals surface area contributed by atoms with E-state index in [4.69, 9.17) is 4.74 Å². The maximum Gasteiger partial charge on any atom is 0.264 e. The maximum atomic E-state index is 13.5. The normalized spacial score (nSPS) is 12.1. The number of sulfonamides is 1. The standard InChI is InChI=1S/C25H28N2O4S/c1-4-31-24-13-9-8-12-23(24)27(32(29,30)22-10-6-5-7-11-22)18-25(28)26-20(3)21-16-14-19(2)15-17-21/h5-17,20H,4,18H2,1-3H3,(H,26,28). The van der Waals surface area contributed by atoms with E-state index in [0.29, 0.717) is 18.0 Å².